The van der Waals surface area contributed by atoms with Gasteiger partial charge in [-0.15, -0.1) is 11.3 Å². The Hall–Kier alpha value is -1.72. The zero-order chi connectivity index (χ0) is 21.8. The number of amides is 1. The van der Waals surface area contributed by atoms with Crippen LogP contribution >= 0.6 is 11.3 Å². The zero-order valence-corrected chi connectivity index (χ0v) is 20.0. The van der Waals surface area contributed by atoms with Gasteiger partial charge in [-0.25, -0.2) is 4.98 Å². The van der Waals surface area contributed by atoms with E-state index >= 15 is 0 Å². The largest absolute Gasteiger partial charge is 0.339 e. The normalized spacial score (nSPS) is 18.3. The maximum Gasteiger partial charge on any atom is 0.228 e. The maximum absolute atomic E-state index is 13.4. The van der Waals surface area contributed by atoms with Crippen LogP contribution in [0.25, 0.3) is 0 Å². The molecule has 2 heterocycles. The number of carbonyl (C=O) groups excluding carboxylic acids is 1. The lowest BCUT2D eigenvalue weighted by Gasteiger charge is -2.49. The van der Waals surface area contributed by atoms with E-state index in [1.54, 1.807) is 11.3 Å². The van der Waals surface area contributed by atoms with Gasteiger partial charge in [-0.3, -0.25) is 4.79 Å². The number of piperidine rings is 1. The minimum absolute atomic E-state index is 0.0284. The van der Waals surface area contributed by atoms with Crippen LogP contribution in [0.5, 0.6) is 0 Å². The number of hydrogen-bond acceptors (Lipinski definition) is 4. The van der Waals surface area contributed by atoms with Crippen molar-refractivity contribution >= 4 is 17.2 Å². The second kappa shape index (κ2) is 9.61. The summed E-state index contributed by atoms with van der Waals surface area (Å²) in [7, 11) is 0. The third kappa shape index (κ3) is 6.39. The Kier molecular flexibility index (Phi) is 7.35. The molecule has 0 atom stereocenters. The molecular weight excluding hydrogens is 390 g/mol. The first-order valence-corrected chi connectivity index (χ1v) is 12.1. The Morgan fingerprint density at radius 3 is 2.47 bits per heavy atom. The van der Waals surface area contributed by atoms with E-state index in [0.29, 0.717) is 6.42 Å². The van der Waals surface area contributed by atoms with Crippen LogP contribution in [0, 0.1) is 0 Å². The highest BCUT2D eigenvalue weighted by molar-refractivity contribution is 7.09. The van der Waals surface area contributed by atoms with E-state index in [-0.39, 0.29) is 23.0 Å². The molecule has 1 saturated heterocycles. The molecule has 0 spiro atoms. The molecule has 0 radical (unpaired) electrons. The summed E-state index contributed by atoms with van der Waals surface area (Å²) in [4.78, 5) is 20.3. The highest BCUT2D eigenvalue weighted by Crippen LogP contribution is 2.32. The van der Waals surface area contributed by atoms with E-state index in [0.717, 1.165) is 49.4 Å². The van der Waals surface area contributed by atoms with E-state index in [1.165, 1.54) is 5.56 Å². The predicted molar refractivity (Wildman–Crippen MR) is 126 cm³/mol. The highest BCUT2D eigenvalue weighted by Gasteiger charge is 2.41. The number of rotatable bonds is 8. The van der Waals surface area contributed by atoms with Crippen molar-refractivity contribution in [3.63, 3.8) is 0 Å². The third-order valence-electron chi connectivity index (χ3n) is 5.81. The molecule has 0 bridgehead atoms. The minimum Gasteiger partial charge on any atom is -0.339 e. The lowest BCUT2D eigenvalue weighted by molar-refractivity contribution is -0.134. The number of nitrogens with zero attached hydrogens (tertiary/aromatic N) is 2. The van der Waals surface area contributed by atoms with Crippen LogP contribution < -0.4 is 5.32 Å². The molecule has 1 aromatic carbocycles. The average molecular weight is 428 g/mol. The number of hydrogen-bond donors (Lipinski definition) is 1. The van der Waals surface area contributed by atoms with Gasteiger partial charge in [-0.05, 0) is 52.5 Å². The molecule has 1 aliphatic heterocycles. The van der Waals surface area contributed by atoms with Crippen LogP contribution in [0.3, 0.4) is 0 Å². The summed E-state index contributed by atoms with van der Waals surface area (Å²) in [6.07, 6.45) is 5.35. The smallest absolute Gasteiger partial charge is 0.228 e. The fourth-order valence-electron chi connectivity index (χ4n) is 4.87. The van der Waals surface area contributed by atoms with Crippen molar-refractivity contribution in [2.24, 2.45) is 0 Å². The molecule has 0 unspecified atom stereocenters. The van der Waals surface area contributed by atoms with Gasteiger partial charge in [0.15, 0.2) is 0 Å². The van der Waals surface area contributed by atoms with Gasteiger partial charge in [-0.2, -0.15) is 0 Å². The van der Waals surface area contributed by atoms with Gasteiger partial charge >= 0.3 is 0 Å². The van der Waals surface area contributed by atoms with Gasteiger partial charge < -0.3 is 10.2 Å². The van der Waals surface area contributed by atoms with Crippen LogP contribution in [0.15, 0.2) is 35.7 Å². The zero-order valence-electron chi connectivity index (χ0n) is 19.2. The Labute approximate surface area is 186 Å². The standard InChI is InChI=1S/C25H37N3OS/c1-6-7-13-28(21-16-24(2,3)27-25(4,5)17-21)23(29)15-20-18-30-22(26-20)14-19-11-9-8-10-12-19/h8-12,18,21,27H,6-7,13-17H2,1-5H3. The Morgan fingerprint density at radius 1 is 1.17 bits per heavy atom. The summed E-state index contributed by atoms with van der Waals surface area (Å²) in [5.74, 6) is 0.221. The second-order valence-corrected chi connectivity index (χ2v) is 10.9. The fourth-order valence-corrected chi connectivity index (χ4v) is 5.69. The Morgan fingerprint density at radius 2 is 1.83 bits per heavy atom. The Balaban J connectivity index is 1.70. The number of carbonyl (C=O) groups is 1. The number of thiazole rings is 1. The van der Waals surface area contributed by atoms with Gasteiger partial charge in [0.25, 0.3) is 0 Å². The molecule has 164 valence electrons. The highest BCUT2D eigenvalue weighted by atomic mass is 32.1. The molecule has 1 aromatic heterocycles. The van der Waals surface area contributed by atoms with Crippen molar-refractivity contribution < 1.29 is 4.79 Å². The van der Waals surface area contributed by atoms with Crippen molar-refractivity contribution in [2.75, 3.05) is 6.54 Å². The quantitative estimate of drug-likeness (QED) is 0.629. The summed E-state index contributed by atoms with van der Waals surface area (Å²) in [5.41, 5.74) is 2.22. The van der Waals surface area contributed by atoms with Crippen LogP contribution in [0.4, 0.5) is 0 Å². The first kappa shape index (κ1) is 23.0. The fraction of sp³-hybridized carbons (Fsp3) is 0.600. The summed E-state index contributed by atoms with van der Waals surface area (Å²) >= 11 is 1.66. The number of aromatic nitrogens is 1. The van der Waals surface area contributed by atoms with Crippen LogP contribution in [-0.4, -0.2) is 39.5 Å². The average Bonchev–Trinajstić information content (AvgIpc) is 3.07. The van der Waals surface area contributed by atoms with Crippen molar-refractivity contribution in [3.05, 3.63) is 52.0 Å². The summed E-state index contributed by atoms with van der Waals surface area (Å²) < 4.78 is 0. The van der Waals surface area contributed by atoms with Gasteiger partial charge in [0.05, 0.1) is 17.1 Å². The van der Waals surface area contributed by atoms with Crippen molar-refractivity contribution in [3.8, 4) is 0 Å². The van der Waals surface area contributed by atoms with Crippen molar-refractivity contribution in [1.82, 2.24) is 15.2 Å². The molecule has 1 aliphatic rings. The molecular formula is C25H37N3OS. The van der Waals surface area contributed by atoms with Gasteiger partial charge in [0.2, 0.25) is 5.91 Å². The third-order valence-corrected chi connectivity index (χ3v) is 6.71. The van der Waals surface area contributed by atoms with E-state index < -0.39 is 0 Å². The number of benzene rings is 1. The van der Waals surface area contributed by atoms with E-state index in [1.807, 2.05) is 6.07 Å². The van der Waals surface area contributed by atoms with Gasteiger partial charge in [-0.1, -0.05) is 43.7 Å². The Bertz CT molecular complexity index is 812. The second-order valence-electron chi connectivity index (χ2n) is 9.97. The molecule has 30 heavy (non-hydrogen) atoms. The molecule has 2 aromatic rings. The molecule has 0 aliphatic carbocycles. The molecule has 1 fully saturated rings. The number of unbranched alkanes of at least 4 members (excludes halogenated alkanes) is 1. The van der Waals surface area contributed by atoms with Crippen molar-refractivity contribution in [1.29, 1.82) is 0 Å². The molecule has 5 heteroatoms. The number of nitrogens with one attached hydrogen (secondary N) is 1. The van der Waals surface area contributed by atoms with E-state index in [4.69, 9.17) is 4.98 Å². The monoisotopic (exact) mass is 427 g/mol. The van der Waals surface area contributed by atoms with Crippen LogP contribution in [0.2, 0.25) is 0 Å². The topological polar surface area (TPSA) is 45.2 Å². The molecule has 4 nitrogen and oxygen atoms in total. The molecule has 1 amide bonds. The van der Waals surface area contributed by atoms with Gasteiger partial charge in [0, 0.05) is 35.5 Å². The first-order valence-electron chi connectivity index (χ1n) is 11.2. The van der Waals surface area contributed by atoms with E-state index in [9.17, 15) is 4.79 Å². The lowest BCUT2D eigenvalue weighted by atomic mass is 9.79. The van der Waals surface area contributed by atoms with Crippen LogP contribution in [0.1, 0.15) is 76.6 Å². The van der Waals surface area contributed by atoms with Gasteiger partial charge in [0.1, 0.15) is 0 Å². The molecule has 1 N–H and O–H groups in total. The molecule has 3 rings (SSSR count). The summed E-state index contributed by atoms with van der Waals surface area (Å²) in [5, 5.41) is 6.88. The SMILES string of the molecule is CCCCN(C(=O)Cc1csc(Cc2ccccc2)n1)C1CC(C)(C)NC(C)(C)C1. The summed E-state index contributed by atoms with van der Waals surface area (Å²) in [6, 6.07) is 10.7. The molecule has 0 saturated carbocycles. The lowest BCUT2D eigenvalue weighted by Crippen LogP contribution is -2.63. The predicted octanol–water partition coefficient (Wildman–Crippen LogP) is 5.21. The van der Waals surface area contributed by atoms with Crippen molar-refractivity contribution in [2.45, 2.75) is 90.3 Å². The maximum atomic E-state index is 13.4. The van der Waals surface area contributed by atoms with Crippen LogP contribution in [-0.2, 0) is 17.6 Å². The minimum atomic E-state index is 0.0284. The summed E-state index contributed by atoms with van der Waals surface area (Å²) in [6.45, 7) is 12.0. The first-order chi connectivity index (χ1) is 14.2. The van der Waals surface area contributed by atoms with E-state index in [2.05, 4.69) is 74.5 Å².